The van der Waals surface area contributed by atoms with Gasteiger partial charge in [0.05, 0.1) is 13.7 Å². The molecule has 0 saturated heterocycles. The number of methoxy groups -OCH3 is 1. The van der Waals surface area contributed by atoms with Gasteiger partial charge in [-0.25, -0.2) is 0 Å². The molecule has 2 aromatic rings. The number of carboxylic acids is 1. The van der Waals surface area contributed by atoms with E-state index in [2.05, 4.69) is 11.8 Å². The number of hydrogen-bond donors (Lipinski definition) is 1. The van der Waals surface area contributed by atoms with Gasteiger partial charge in [0.2, 0.25) is 0 Å². The van der Waals surface area contributed by atoms with Crippen LogP contribution < -0.4 is 4.74 Å². The second-order valence-corrected chi connectivity index (χ2v) is 5.55. The highest BCUT2D eigenvalue weighted by Crippen LogP contribution is 2.14. The Labute approximate surface area is 148 Å². The molecular weight excluding hydrogens is 314 g/mol. The monoisotopic (exact) mass is 335 g/mol. The fraction of sp³-hybridized carbons (Fsp3) is 0.190. The molecule has 0 unspecified atom stereocenters. The van der Waals surface area contributed by atoms with Crippen LogP contribution in [-0.4, -0.2) is 43.2 Å². The summed E-state index contributed by atoms with van der Waals surface area (Å²) in [5, 5.41) is 8.86. The minimum absolute atomic E-state index is 0.00945. The minimum Gasteiger partial charge on any atom is -0.497 e. The second kappa shape index (κ2) is 9.31. The maximum atomic E-state index is 10.8. The van der Waals surface area contributed by atoms with Crippen molar-refractivity contribution in [3.8, 4) is 17.6 Å². The first-order chi connectivity index (χ1) is 12.1. The Kier molecular flexibility index (Phi) is 6.82. The Bertz CT molecular complexity index is 783. The van der Waals surface area contributed by atoms with Crippen LogP contribution in [0.1, 0.15) is 11.1 Å². The third-order valence-corrected chi connectivity index (χ3v) is 3.53. The SMILES string of the molecule is COc1ccc(C#CC(=CCN(C)CC(=O)O)c2ccccc2)cc1. The summed E-state index contributed by atoms with van der Waals surface area (Å²) in [6, 6.07) is 17.4. The molecule has 0 aliphatic heterocycles. The van der Waals surface area contributed by atoms with E-state index < -0.39 is 5.97 Å². The lowest BCUT2D eigenvalue weighted by Gasteiger charge is -2.11. The summed E-state index contributed by atoms with van der Waals surface area (Å²) in [5.41, 5.74) is 2.77. The van der Waals surface area contributed by atoms with E-state index in [4.69, 9.17) is 9.84 Å². The average molecular weight is 335 g/mol. The van der Waals surface area contributed by atoms with E-state index in [-0.39, 0.29) is 6.54 Å². The van der Waals surface area contributed by atoms with Crippen LogP contribution in [0.3, 0.4) is 0 Å². The number of allylic oxidation sites excluding steroid dienone is 1. The van der Waals surface area contributed by atoms with E-state index >= 15 is 0 Å². The van der Waals surface area contributed by atoms with Crippen LogP contribution in [0.15, 0.2) is 60.7 Å². The Morgan fingerprint density at radius 3 is 2.44 bits per heavy atom. The van der Waals surface area contributed by atoms with Gasteiger partial charge in [-0.15, -0.1) is 0 Å². The number of ether oxygens (including phenoxy) is 1. The van der Waals surface area contributed by atoms with E-state index in [1.165, 1.54) is 0 Å². The first-order valence-corrected chi connectivity index (χ1v) is 7.90. The second-order valence-electron chi connectivity index (χ2n) is 5.55. The third kappa shape index (κ3) is 6.17. The molecule has 0 atom stereocenters. The molecule has 0 amide bonds. The maximum Gasteiger partial charge on any atom is 0.317 e. The zero-order chi connectivity index (χ0) is 18.1. The summed E-state index contributed by atoms with van der Waals surface area (Å²) in [7, 11) is 3.40. The van der Waals surface area contributed by atoms with Crippen molar-refractivity contribution in [3.63, 3.8) is 0 Å². The Balaban J connectivity index is 2.23. The van der Waals surface area contributed by atoms with Crippen molar-refractivity contribution in [2.75, 3.05) is 27.2 Å². The van der Waals surface area contributed by atoms with Gasteiger partial charge >= 0.3 is 5.97 Å². The highest BCUT2D eigenvalue weighted by molar-refractivity contribution is 5.79. The number of nitrogens with zero attached hydrogens (tertiary/aromatic N) is 1. The summed E-state index contributed by atoms with van der Waals surface area (Å²) < 4.78 is 5.15. The van der Waals surface area contributed by atoms with Crippen LogP contribution in [0.4, 0.5) is 0 Å². The van der Waals surface area contributed by atoms with E-state index in [0.717, 1.165) is 22.4 Å². The van der Waals surface area contributed by atoms with Crippen LogP contribution in [0.5, 0.6) is 5.75 Å². The maximum absolute atomic E-state index is 10.8. The van der Waals surface area contributed by atoms with Gasteiger partial charge in [-0.3, -0.25) is 9.69 Å². The molecule has 128 valence electrons. The molecule has 0 aromatic heterocycles. The predicted molar refractivity (Wildman–Crippen MR) is 99.4 cm³/mol. The fourth-order valence-corrected chi connectivity index (χ4v) is 2.22. The van der Waals surface area contributed by atoms with Crippen molar-refractivity contribution in [2.24, 2.45) is 0 Å². The van der Waals surface area contributed by atoms with E-state index in [1.54, 1.807) is 19.1 Å². The summed E-state index contributed by atoms with van der Waals surface area (Å²) >= 11 is 0. The molecule has 0 heterocycles. The molecular formula is C21H21NO3. The van der Waals surface area contributed by atoms with Gasteiger partial charge in [-0.1, -0.05) is 48.2 Å². The molecule has 1 N–H and O–H groups in total. The first-order valence-electron chi connectivity index (χ1n) is 7.90. The quantitative estimate of drug-likeness (QED) is 0.824. The smallest absolute Gasteiger partial charge is 0.317 e. The van der Waals surface area contributed by atoms with Crippen molar-refractivity contribution < 1.29 is 14.6 Å². The van der Waals surface area contributed by atoms with Gasteiger partial charge in [0, 0.05) is 17.7 Å². The van der Waals surface area contributed by atoms with Crippen molar-refractivity contribution in [3.05, 3.63) is 71.8 Å². The summed E-state index contributed by atoms with van der Waals surface area (Å²) in [6.45, 7) is 0.498. The van der Waals surface area contributed by atoms with Crippen molar-refractivity contribution in [2.45, 2.75) is 0 Å². The standard InChI is InChI=1S/C21H21NO3/c1-22(16-21(23)24)15-14-19(18-6-4-3-5-7-18)11-8-17-9-12-20(25-2)13-10-17/h3-7,9-10,12-14H,15-16H2,1-2H3,(H,23,24). The molecule has 0 radical (unpaired) electrons. The van der Waals surface area contributed by atoms with Crippen molar-refractivity contribution >= 4 is 11.5 Å². The first kappa shape index (κ1) is 18.3. The Morgan fingerprint density at radius 1 is 1.16 bits per heavy atom. The lowest BCUT2D eigenvalue weighted by molar-refractivity contribution is -0.137. The van der Waals surface area contributed by atoms with Gasteiger partial charge in [-0.2, -0.15) is 0 Å². The lowest BCUT2D eigenvalue weighted by Crippen LogP contribution is -2.25. The number of carboxylic acid groups (broad SMARTS) is 1. The zero-order valence-corrected chi connectivity index (χ0v) is 14.4. The minimum atomic E-state index is -0.846. The molecule has 0 saturated carbocycles. The topological polar surface area (TPSA) is 49.8 Å². The van der Waals surface area contributed by atoms with Crippen LogP contribution in [0.2, 0.25) is 0 Å². The van der Waals surface area contributed by atoms with E-state index in [0.29, 0.717) is 6.54 Å². The van der Waals surface area contributed by atoms with Gasteiger partial charge in [-0.05, 0) is 36.9 Å². The highest BCUT2D eigenvalue weighted by atomic mass is 16.5. The molecule has 25 heavy (non-hydrogen) atoms. The summed E-state index contributed by atoms with van der Waals surface area (Å²) in [5.74, 6) is 6.29. The zero-order valence-electron chi connectivity index (χ0n) is 14.4. The number of benzene rings is 2. The van der Waals surface area contributed by atoms with Gasteiger partial charge < -0.3 is 9.84 Å². The molecule has 0 aliphatic carbocycles. The number of hydrogen-bond acceptors (Lipinski definition) is 3. The third-order valence-electron chi connectivity index (χ3n) is 3.53. The molecule has 0 spiro atoms. The molecule has 4 heteroatoms. The van der Waals surface area contributed by atoms with Gasteiger partial charge in [0.25, 0.3) is 0 Å². The number of carbonyl (C=O) groups is 1. The summed E-state index contributed by atoms with van der Waals surface area (Å²) in [4.78, 5) is 12.5. The van der Waals surface area contributed by atoms with Gasteiger partial charge in [0.15, 0.2) is 0 Å². The fourth-order valence-electron chi connectivity index (χ4n) is 2.22. The number of rotatable bonds is 6. The van der Waals surface area contributed by atoms with E-state index in [9.17, 15) is 4.79 Å². The lowest BCUT2D eigenvalue weighted by atomic mass is 10.1. The van der Waals surface area contributed by atoms with Crippen LogP contribution in [-0.2, 0) is 4.79 Å². The van der Waals surface area contributed by atoms with Crippen LogP contribution in [0.25, 0.3) is 5.57 Å². The Hall–Kier alpha value is -3.03. The molecule has 0 aliphatic rings. The molecule has 2 rings (SSSR count). The normalized spacial score (nSPS) is 10.9. The molecule has 2 aromatic carbocycles. The number of likely N-dealkylation sites (N-methyl/N-ethyl adjacent to an activating group) is 1. The molecule has 0 fully saturated rings. The van der Waals surface area contributed by atoms with E-state index in [1.807, 2.05) is 60.7 Å². The van der Waals surface area contributed by atoms with Crippen LogP contribution in [0, 0.1) is 11.8 Å². The largest absolute Gasteiger partial charge is 0.497 e. The highest BCUT2D eigenvalue weighted by Gasteiger charge is 2.04. The van der Waals surface area contributed by atoms with Crippen molar-refractivity contribution in [1.82, 2.24) is 4.90 Å². The van der Waals surface area contributed by atoms with Crippen molar-refractivity contribution in [1.29, 1.82) is 0 Å². The molecule has 0 bridgehead atoms. The number of aliphatic carboxylic acids is 1. The van der Waals surface area contributed by atoms with Crippen LogP contribution >= 0.6 is 0 Å². The average Bonchev–Trinajstić information content (AvgIpc) is 2.62. The molecule has 4 nitrogen and oxygen atoms in total. The van der Waals surface area contributed by atoms with Gasteiger partial charge in [0.1, 0.15) is 5.75 Å². The summed E-state index contributed by atoms with van der Waals surface area (Å²) in [6.07, 6.45) is 1.95. The predicted octanol–water partition coefficient (Wildman–Crippen LogP) is 3.15. The Morgan fingerprint density at radius 2 is 1.84 bits per heavy atom.